The molecule has 1 aliphatic heterocycles. The fraction of sp³-hybridized carbons (Fsp3) is 0.619. The summed E-state index contributed by atoms with van der Waals surface area (Å²) in [4.78, 5) is 18.3. The number of guanidine groups is 1. The predicted octanol–water partition coefficient (Wildman–Crippen LogP) is 2.61. The molecule has 0 aliphatic carbocycles. The van der Waals surface area contributed by atoms with Gasteiger partial charge in [0.2, 0.25) is 5.91 Å². The van der Waals surface area contributed by atoms with Crippen molar-refractivity contribution in [1.82, 2.24) is 15.5 Å². The van der Waals surface area contributed by atoms with Gasteiger partial charge in [-0.1, -0.05) is 19.1 Å². The molecule has 1 unspecified atom stereocenters. The number of methoxy groups -OCH3 is 1. The van der Waals surface area contributed by atoms with Crippen LogP contribution in [0.4, 0.5) is 0 Å². The van der Waals surface area contributed by atoms with Crippen molar-refractivity contribution in [3.05, 3.63) is 29.8 Å². The van der Waals surface area contributed by atoms with Crippen molar-refractivity contribution in [2.24, 2.45) is 10.9 Å². The molecule has 150 valence electrons. The quantitative estimate of drug-likeness (QED) is 0.569. The molecule has 2 N–H and O–H groups in total. The third-order valence-corrected chi connectivity index (χ3v) is 5.42. The molecule has 1 aliphatic rings. The third-order valence-electron chi connectivity index (χ3n) is 5.42. The van der Waals surface area contributed by atoms with Crippen molar-refractivity contribution in [3.8, 4) is 5.75 Å². The van der Waals surface area contributed by atoms with Gasteiger partial charge in [0.05, 0.1) is 7.11 Å². The summed E-state index contributed by atoms with van der Waals surface area (Å²) in [5.41, 5.74) is 1.32. The number of amides is 1. The van der Waals surface area contributed by atoms with Gasteiger partial charge < -0.3 is 20.3 Å². The van der Waals surface area contributed by atoms with Crippen LogP contribution in [0, 0.1) is 5.92 Å². The van der Waals surface area contributed by atoms with Crippen LogP contribution in [0.3, 0.4) is 0 Å². The second-order valence-electron chi connectivity index (χ2n) is 7.24. The van der Waals surface area contributed by atoms with Crippen molar-refractivity contribution in [3.63, 3.8) is 0 Å². The zero-order valence-corrected chi connectivity index (χ0v) is 17.1. The Kier molecular flexibility index (Phi) is 8.43. The number of nitrogens with zero attached hydrogens (tertiary/aromatic N) is 2. The van der Waals surface area contributed by atoms with Gasteiger partial charge in [-0.15, -0.1) is 0 Å². The summed E-state index contributed by atoms with van der Waals surface area (Å²) >= 11 is 0. The summed E-state index contributed by atoms with van der Waals surface area (Å²) in [6.45, 7) is 5.04. The lowest BCUT2D eigenvalue weighted by molar-refractivity contribution is -0.121. The highest BCUT2D eigenvalue weighted by atomic mass is 16.5. The molecule has 1 atom stereocenters. The highest BCUT2D eigenvalue weighted by Crippen LogP contribution is 2.22. The van der Waals surface area contributed by atoms with Crippen LogP contribution in [-0.2, 0) is 4.79 Å². The van der Waals surface area contributed by atoms with E-state index in [4.69, 9.17) is 4.74 Å². The number of benzene rings is 1. The van der Waals surface area contributed by atoms with Crippen molar-refractivity contribution < 1.29 is 9.53 Å². The van der Waals surface area contributed by atoms with E-state index in [1.807, 2.05) is 19.2 Å². The van der Waals surface area contributed by atoms with E-state index in [9.17, 15) is 4.79 Å². The van der Waals surface area contributed by atoms with Crippen molar-refractivity contribution in [2.75, 3.05) is 40.8 Å². The van der Waals surface area contributed by atoms with Gasteiger partial charge in [0.15, 0.2) is 5.96 Å². The number of aliphatic imine (C=N–C) groups is 1. The SMILES string of the molecule is CN=C(NCCC(C)c1ccc(OC)cc1)N1CCC(CC(=O)NC)CC1. The van der Waals surface area contributed by atoms with Crippen LogP contribution in [0.2, 0.25) is 0 Å². The molecule has 6 nitrogen and oxygen atoms in total. The highest BCUT2D eigenvalue weighted by Gasteiger charge is 2.23. The van der Waals surface area contributed by atoms with Crippen molar-refractivity contribution in [1.29, 1.82) is 0 Å². The van der Waals surface area contributed by atoms with Crippen LogP contribution in [0.15, 0.2) is 29.3 Å². The molecule has 1 amide bonds. The van der Waals surface area contributed by atoms with E-state index in [-0.39, 0.29) is 5.91 Å². The van der Waals surface area contributed by atoms with Crippen LogP contribution in [-0.4, -0.2) is 57.6 Å². The first-order chi connectivity index (χ1) is 13.1. The molecule has 1 aromatic rings. The average Bonchev–Trinajstić information content (AvgIpc) is 2.71. The Morgan fingerprint density at radius 3 is 2.52 bits per heavy atom. The number of hydrogen-bond donors (Lipinski definition) is 2. The summed E-state index contributed by atoms with van der Waals surface area (Å²) in [6, 6.07) is 8.30. The maximum absolute atomic E-state index is 11.5. The Hall–Kier alpha value is -2.24. The summed E-state index contributed by atoms with van der Waals surface area (Å²) in [5.74, 6) is 2.96. The predicted molar refractivity (Wildman–Crippen MR) is 110 cm³/mol. The minimum atomic E-state index is 0.142. The van der Waals surface area contributed by atoms with E-state index in [2.05, 4.69) is 39.6 Å². The highest BCUT2D eigenvalue weighted by molar-refractivity contribution is 5.80. The van der Waals surface area contributed by atoms with Crippen LogP contribution < -0.4 is 15.4 Å². The molecule has 0 radical (unpaired) electrons. The van der Waals surface area contributed by atoms with E-state index in [1.165, 1.54) is 5.56 Å². The molecule has 1 aromatic carbocycles. The Morgan fingerprint density at radius 1 is 1.30 bits per heavy atom. The van der Waals surface area contributed by atoms with Crippen LogP contribution >= 0.6 is 0 Å². The number of rotatable bonds is 7. The summed E-state index contributed by atoms with van der Waals surface area (Å²) < 4.78 is 5.22. The summed E-state index contributed by atoms with van der Waals surface area (Å²) in [5, 5.41) is 6.22. The van der Waals surface area contributed by atoms with E-state index >= 15 is 0 Å². The molecule has 6 heteroatoms. The van der Waals surface area contributed by atoms with Crippen molar-refractivity contribution in [2.45, 2.75) is 38.5 Å². The van der Waals surface area contributed by atoms with Crippen molar-refractivity contribution >= 4 is 11.9 Å². The standard InChI is InChI=1S/C21H34N4O2/c1-16(18-5-7-19(27-4)8-6-18)9-12-24-21(23-3)25-13-10-17(11-14-25)15-20(26)22-2/h5-8,16-17H,9-15H2,1-4H3,(H,22,26)(H,23,24). The maximum atomic E-state index is 11.5. The van der Waals surface area contributed by atoms with E-state index in [1.54, 1.807) is 14.2 Å². The van der Waals surface area contributed by atoms with E-state index in [0.717, 1.165) is 50.6 Å². The first kappa shape index (κ1) is 21.1. The minimum Gasteiger partial charge on any atom is -0.497 e. The molecule has 2 rings (SSSR count). The molecule has 1 saturated heterocycles. The Morgan fingerprint density at radius 2 is 1.96 bits per heavy atom. The minimum absolute atomic E-state index is 0.142. The van der Waals surface area contributed by atoms with Gasteiger partial charge in [0, 0.05) is 40.2 Å². The van der Waals surface area contributed by atoms with Gasteiger partial charge in [-0.2, -0.15) is 0 Å². The van der Waals surface area contributed by atoms with Crippen LogP contribution in [0.1, 0.15) is 44.1 Å². The third kappa shape index (κ3) is 6.45. The van der Waals surface area contributed by atoms with E-state index < -0.39 is 0 Å². The Balaban J connectivity index is 1.74. The number of carbonyl (C=O) groups is 1. The van der Waals surface area contributed by atoms with Gasteiger partial charge in [0.1, 0.15) is 5.75 Å². The molecule has 0 bridgehead atoms. The molecule has 27 heavy (non-hydrogen) atoms. The smallest absolute Gasteiger partial charge is 0.220 e. The molecule has 0 spiro atoms. The molecule has 1 fully saturated rings. The number of hydrogen-bond acceptors (Lipinski definition) is 3. The molecule has 0 saturated carbocycles. The fourth-order valence-corrected chi connectivity index (χ4v) is 3.55. The number of likely N-dealkylation sites (tertiary alicyclic amines) is 1. The molecule has 0 aromatic heterocycles. The lowest BCUT2D eigenvalue weighted by Gasteiger charge is -2.34. The molecular formula is C21H34N4O2. The molecule has 1 heterocycles. The zero-order valence-electron chi connectivity index (χ0n) is 17.1. The Bertz CT molecular complexity index is 607. The Labute approximate surface area is 163 Å². The van der Waals surface area contributed by atoms with Crippen LogP contribution in [0.5, 0.6) is 5.75 Å². The first-order valence-electron chi connectivity index (χ1n) is 9.87. The van der Waals surface area contributed by atoms with Gasteiger partial charge >= 0.3 is 0 Å². The van der Waals surface area contributed by atoms with Crippen LogP contribution in [0.25, 0.3) is 0 Å². The zero-order chi connectivity index (χ0) is 19.6. The summed E-state index contributed by atoms with van der Waals surface area (Å²) in [6.07, 6.45) is 3.75. The molecular weight excluding hydrogens is 340 g/mol. The maximum Gasteiger partial charge on any atom is 0.220 e. The monoisotopic (exact) mass is 374 g/mol. The lowest BCUT2D eigenvalue weighted by atomic mass is 9.93. The van der Waals surface area contributed by atoms with Gasteiger partial charge in [-0.05, 0) is 48.8 Å². The average molecular weight is 375 g/mol. The number of piperidine rings is 1. The largest absolute Gasteiger partial charge is 0.497 e. The topological polar surface area (TPSA) is 66.0 Å². The number of carbonyl (C=O) groups excluding carboxylic acids is 1. The number of ether oxygens (including phenoxy) is 1. The first-order valence-corrected chi connectivity index (χ1v) is 9.87. The van der Waals surface area contributed by atoms with Gasteiger partial charge in [-0.3, -0.25) is 9.79 Å². The lowest BCUT2D eigenvalue weighted by Crippen LogP contribution is -2.46. The van der Waals surface area contributed by atoms with E-state index in [0.29, 0.717) is 18.3 Å². The van der Waals surface area contributed by atoms with Gasteiger partial charge in [-0.25, -0.2) is 0 Å². The second kappa shape index (κ2) is 10.8. The number of nitrogens with one attached hydrogen (secondary N) is 2. The second-order valence-corrected chi connectivity index (χ2v) is 7.24. The summed E-state index contributed by atoms with van der Waals surface area (Å²) in [7, 11) is 5.23. The van der Waals surface area contributed by atoms with Gasteiger partial charge in [0.25, 0.3) is 0 Å². The normalized spacial score (nSPS) is 16.7. The fourth-order valence-electron chi connectivity index (χ4n) is 3.55.